The second kappa shape index (κ2) is 9.79. The van der Waals surface area contributed by atoms with E-state index in [2.05, 4.69) is 15.2 Å². The number of rotatable bonds is 7. The molecule has 2 fully saturated rings. The molecule has 4 rings (SSSR count). The molecule has 1 aromatic carbocycles. The fourth-order valence-corrected chi connectivity index (χ4v) is 5.02. The van der Waals surface area contributed by atoms with E-state index in [1.54, 1.807) is 13.3 Å². The molecule has 1 saturated carbocycles. The molecule has 166 valence electrons. The summed E-state index contributed by atoms with van der Waals surface area (Å²) < 4.78 is 5.29. The molecule has 1 unspecified atom stereocenters. The van der Waals surface area contributed by atoms with Crippen molar-refractivity contribution in [2.75, 3.05) is 20.2 Å². The van der Waals surface area contributed by atoms with Gasteiger partial charge in [-0.25, -0.2) is 0 Å². The Morgan fingerprint density at radius 2 is 1.87 bits per heavy atom. The maximum atomic E-state index is 13.4. The standard InChI is InChI=1S/C25H33N3O3/c1-31-23-11-14-26-22(17-23)18-28-15-12-21(13-16-28)27-24(29)25(30,20-9-5-6-10-20)19-7-3-2-4-8-19/h2-4,7-8,11,14,17,20-21,30H,5-6,9-10,12-13,15-16,18H2,1H3,(H,27,29). The first kappa shape index (κ1) is 21.8. The molecule has 0 bridgehead atoms. The average Bonchev–Trinajstić information content (AvgIpc) is 3.36. The van der Waals surface area contributed by atoms with Gasteiger partial charge >= 0.3 is 0 Å². The average molecular weight is 424 g/mol. The first-order valence-electron chi connectivity index (χ1n) is 11.4. The molecule has 31 heavy (non-hydrogen) atoms. The predicted octanol–water partition coefficient (Wildman–Crippen LogP) is 3.25. The molecule has 1 aliphatic heterocycles. The molecule has 2 aliphatic rings. The highest BCUT2D eigenvalue weighted by molar-refractivity contribution is 5.87. The summed E-state index contributed by atoms with van der Waals surface area (Å²) >= 11 is 0. The SMILES string of the molecule is COc1ccnc(CN2CCC(NC(=O)C(O)(c3ccccc3)C3CCCC3)CC2)c1. The Morgan fingerprint density at radius 1 is 1.16 bits per heavy atom. The van der Waals surface area contributed by atoms with E-state index >= 15 is 0 Å². The van der Waals surface area contributed by atoms with E-state index in [9.17, 15) is 9.90 Å². The largest absolute Gasteiger partial charge is 0.497 e. The first-order valence-corrected chi connectivity index (χ1v) is 11.4. The van der Waals surface area contributed by atoms with Gasteiger partial charge in [-0.05, 0) is 37.3 Å². The highest BCUT2D eigenvalue weighted by atomic mass is 16.5. The van der Waals surface area contributed by atoms with Crippen LogP contribution >= 0.6 is 0 Å². The third-order valence-corrected chi connectivity index (χ3v) is 6.84. The zero-order valence-electron chi connectivity index (χ0n) is 18.3. The molecular weight excluding hydrogens is 390 g/mol. The van der Waals surface area contributed by atoms with Crippen molar-refractivity contribution in [1.29, 1.82) is 0 Å². The second-order valence-electron chi connectivity index (χ2n) is 8.82. The van der Waals surface area contributed by atoms with Crippen LogP contribution in [0.15, 0.2) is 48.7 Å². The lowest BCUT2D eigenvalue weighted by Crippen LogP contribution is -2.54. The van der Waals surface area contributed by atoms with E-state index in [0.717, 1.165) is 69.6 Å². The number of aliphatic hydroxyl groups is 1. The fourth-order valence-electron chi connectivity index (χ4n) is 5.02. The van der Waals surface area contributed by atoms with E-state index in [-0.39, 0.29) is 17.9 Å². The summed E-state index contributed by atoms with van der Waals surface area (Å²) in [5.74, 6) is 0.562. The Kier molecular flexibility index (Phi) is 6.88. The number of nitrogens with zero attached hydrogens (tertiary/aromatic N) is 2. The Labute approximate surface area is 184 Å². The number of ether oxygens (including phenoxy) is 1. The summed E-state index contributed by atoms with van der Waals surface area (Å²) in [6.07, 6.45) is 7.44. The van der Waals surface area contributed by atoms with Crippen LogP contribution in [0.2, 0.25) is 0 Å². The van der Waals surface area contributed by atoms with Crippen LogP contribution in [0.1, 0.15) is 49.8 Å². The molecule has 0 radical (unpaired) electrons. The zero-order valence-corrected chi connectivity index (χ0v) is 18.3. The summed E-state index contributed by atoms with van der Waals surface area (Å²) in [6, 6.07) is 13.4. The highest BCUT2D eigenvalue weighted by Crippen LogP contribution is 2.41. The Morgan fingerprint density at radius 3 is 2.55 bits per heavy atom. The molecular formula is C25H33N3O3. The maximum Gasteiger partial charge on any atom is 0.257 e. The number of methoxy groups -OCH3 is 1. The molecule has 6 heteroatoms. The van der Waals surface area contributed by atoms with Crippen molar-refractivity contribution in [3.05, 3.63) is 59.9 Å². The number of carbonyl (C=O) groups excluding carboxylic acids is 1. The summed E-state index contributed by atoms with van der Waals surface area (Å²) in [4.78, 5) is 20.2. The van der Waals surface area contributed by atoms with E-state index in [0.29, 0.717) is 5.56 Å². The smallest absolute Gasteiger partial charge is 0.257 e. The van der Waals surface area contributed by atoms with Crippen molar-refractivity contribution in [2.24, 2.45) is 5.92 Å². The molecule has 1 aliphatic carbocycles. The third-order valence-electron chi connectivity index (χ3n) is 6.84. The van der Waals surface area contributed by atoms with Gasteiger partial charge in [0.15, 0.2) is 5.60 Å². The van der Waals surface area contributed by atoms with E-state index in [1.807, 2.05) is 42.5 Å². The lowest BCUT2D eigenvalue weighted by atomic mass is 9.79. The molecule has 1 aromatic heterocycles. The van der Waals surface area contributed by atoms with Crippen molar-refractivity contribution >= 4 is 5.91 Å². The van der Waals surface area contributed by atoms with Gasteiger partial charge in [0, 0.05) is 43.9 Å². The summed E-state index contributed by atoms with van der Waals surface area (Å²) in [7, 11) is 1.66. The van der Waals surface area contributed by atoms with Gasteiger partial charge < -0.3 is 15.2 Å². The summed E-state index contributed by atoms with van der Waals surface area (Å²) in [5, 5.41) is 14.8. The second-order valence-corrected chi connectivity index (χ2v) is 8.82. The lowest BCUT2D eigenvalue weighted by Gasteiger charge is -2.37. The minimum atomic E-state index is -1.45. The summed E-state index contributed by atoms with van der Waals surface area (Å²) in [5.41, 5.74) is 0.252. The van der Waals surface area contributed by atoms with Gasteiger partial charge in [0.2, 0.25) is 0 Å². The first-order chi connectivity index (χ1) is 15.1. The van der Waals surface area contributed by atoms with Crippen LogP contribution in [0, 0.1) is 5.92 Å². The monoisotopic (exact) mass is 423 g/mol. The zero-order chi connectivity index (χ0) is 21.7. The molecule has 1 amide bonds. The van der Waals surface area contributed by atoms with Crippen molar-refractivity contribution in [3.63, 3.8) is 0 Å². The number of likely N-dealkylation sites (tertiary alicyclic amines) is 1. The normalized spacial score (nSPS) is 20.3. The summed E-state index contributed by atoms with van der Waals surface area (Å²) in [6.45, 7) is 2.54. The number of hydrogen-bond donors (Lipinski definition) is 2. The minimum Gasteiger partial charge on any atom is -0.497 e. The van der Waals surface area contributed by atoms with Gasteiger partial charge in [0.25, 0.3) is 5.91 Å². The number of benzene rings is 1. The van der Waals surface area contributed by atoms with Crippen LogP contribution in [0.4, 0.5) is 0 Å². The van der Waals surface area contributed by atoms with Crippen molar-refractivity contribution < 1.29 is 14.6 Å². The maximum absolute atomic E-state index is 13.4. The van der Waals surface area contributed by atoms with Crippen LogP contribution in [0.5, 0.6) is 5.75 Å². The number of nitrogens with one attached hydrogen (secondary N) is 1. The van der Waals surface area contributed by atoms with Gasteiger partial charge in [-0.3, -0.25) is 14.7 Å². The van der Waals surface area contributed by atoms with E-state index in [4.69, 9.17) is 4.74 Å². The third kappa shape index (κ3) is 4.91. The topological polar surface area (TPSA) is 74.7 Å². The number of amides is 1. The van der Waals surface area contributed by atoms with Crippen molar-refractivity contribution in [1.82, 2.24) is 15.2 Å². The van der Waals surface area contributed by atoms with Gasteiger partial charge in [-0.2, -0.15) is 0 Å². The molecule has 2 heterocycles. The lowest BCUT2D eigenvalue weighted by molar-refractivity contribution is -0.148. The highest BCUT2D eigenvalue weighted by Gasteiger charge is 2.46. The van der Waals surface area contributed by atoms with E-state index < -0.39 is 5.60 Å². The molecule has 0 spiro atoms. The fraction of sp³-hybridized carbons (Fsp3) is 0.520. The van der Waals surface area contributed by atoms with Crippen LogP contribution in [-0.2, 0) is 16.9 Å². The number of carbonyl (C=O) groups is 1. The molecule has 2 aromatic rings. The molecule has 6 nitrogen and oxygen atoms in total. The number of hydrogen-bond acceptors (Lipinski definition) is 5. The quantitative estimate of drug-likeness (QED) is 0.715. The molecule has 1 saturated heterocycles. The van der Waals surface area contributed by atoms with Crippen molar-refractivity contribution in [3.8, 4) is 5.75 Å². The van der Waals surface area contributed by atoms with Gasteiger partial charge in [0.1, 0.15) is 5.75 Å². The Bertz CT molecular complexity index is 861. The van der Waals surface area contributed by atoms with Crippen LogP contribution in [0.3, 0.4) is 0 Å². The van der Waals surface area contributed by atoms with Crippen LogP contribution in [-0.4, -0.2) is 47.1 Å². The number of aromatic nitrogens is 1. The van der Waals surface area contributed by atoms with Crippen LogP contribution in [0.25, 0.3) is 0 Å². The van der Waals surface area contributed by atoms with E-state index in [1.165, 1.54) is 0 Å². The van der Waals surface area contributed by atoms with Gasteiger partial charge in [-0.1, -0.05) is 43.2 Å². The molecule has 2 N–H and O–H groups in total. The number of piperidine rings is 1. The Hall–Kier alpha value is -2.44. The van der Waals surface area contributed by atoms with Crippen molar-refractivity contribution in [2.45, 2.75) is 56.7 Å². The molecule has 1 atom stereocenters. The predicted molar refractivity (Wildman–Crippen MR) is 120 cm³/mol. The minimum absolute atomic E-state index is 0.0193. The van der Waals surface area contributed by atoms with Gasteiger partial charge in [-0.15, -0.1) is 0 Å². The Balaban J connectivity index is 1.37. The van der Waals surface area contributed by atoms with Gasteiger partial charge in [0.05, 0.1) is 12.8 Å². The number of pyridine rings is 1. The van der Waals surface area contributed by atoms with Crippen LogP contribution < -0.4 is 10.1 Å².